The highest BCUT2D eigenvalue weighted by Gasteiger charge is 2.35. The van der Waals surface area contributed by atoms with E-state index < -0.39 is 16.5 Å². The molecule has 0 radical (unpaired) electrons. The van der Waals surface area contributed by atoms with Crippen molar-refractivity contribution in [2.24, 2.45) is 5.10 Å². The van der Waals surface area contributed by atoms with Crippen LogP contribution in [0.5, 0.6) is 5.88 Å². The van der Waals surface area contributed by atoms with Crippen molar-refractivity contribution in [3.05, 3.63) is 60.6 Å². The number of aromatic hydroxyl groups is 1. The van der Waals surface area contributed by atoms with E-state index in [4.69, 9.17) is 12.2 Å². The number of hydrazone groups is 1. The molecule has 0 saturated heterocycles. The van der Waals surface area contributed by atoms with Gasteiger partial charge in [0, 0.05) is 31.5 Å². The summed E-state index contributed by atoms with van der Waals surface area (Å²) < 4.78 is 1.57. The number of amides is 1. The highest BCUT2D eigenvalue weighted by molar-refractivity contribution is 7.71. The van der Waals surface area contributed by atoms with Crippen molar-refractivity contribution in [2.45, 2.75) is 52.1 Å². The third-order valence-corrected chi connectivity index (χ3v) is 5.48. The van der Waals surface area contributed by atoms with E-state index in [2.05, 4.69) is 10.1 Å². The molecule has 1 aliphatic heterocycles. The molecular weight excluding hydrogens is 422 g/mol. The highest BCUT2D eigenvalue weighted by Crippen LogP contribution is 2.34. The summed E-state index contributed by atoms with van der Waals surface area (Å²) >= 11 is 5.18. The molecular formula is C20H23N5O5S. The third-order valence-electron chi connectivity index (χ3n) is 5.15. The van der Waals surface area contributed by atoms with Gasteiger partial charge in [0.05, 0.1) is 16.7 Å². The fourth-order valence-electron chi connectivity index (χ4n) is 3.47. The minimum Gasteiger partial charge on any atom is -0.494 e. The number of aromatic nitrogens is 2. The van der Waals surface area contributed by atoms with Crippen LogP contribution in [0, 0.1) is 14.9 Å². The first-order valence-corrected chi connectivity index (χ1v) is 10.4. The van der Waals surface area contributed by atoms with Crippen molar-refractivity contribution in [2.75, 3.05) is 0 Å². The van der Waals surface area contributed by atoms with Crippen molar-refractivity contribution in [3.8, 4) is 5.88 Å². The Morgan fingerprint density at radius 1 is 1.35 bits per heavy atom. The molecule has 31 heavy (non-hydrogen) atoms. The first kappa shape index (κ1) is 22.3. The van der Waals surface area contributed by atoms with Gasteiger partial charge in [-0.3, -0.25) is 29.3 Å². The summed E-state index contributed by atoms with van der Waals surface area (Å²) in [6.07, 6.45) is 1.98. The number of unbranched alkanes of at least 4 members (excludes halogenated alkanes) is 1. The normalized spacial score (nSPS) is 15.7. The summed E-state index contributed by atoms with van der Waals surface area (Å²) in [5.74, 6) is -0.554. The van der Waals surface area contributed by atoms with Gasteiger partial charge in [-0.25, -0.2) is 5.01 Å². The maximum absolute atomic E-state index is 12.6. The zero-order valence-electron chi connectivity index (χ0n) is 17.2. The highest BCUT2D eigenvalue weighted by atomic mass is 32.1. The lowest BCUT2D eigenvalue weighted by molar-refractivity contribution is -0.384. The molecule has 0 aliphatic carbocycles. The van der Waals surface area contributed by atoms with Crippen molar-refractivity contribution in [1.29, 1.82) is 0 Å². The summed E-state index contributed by atoms with van der Waals surface area (Å²) in [6, 6.07) is 5.30. The molecule has 164 valence electrons. The number of non-ortho nitro benzene ring substituents is 1. The van der Waals surface area contributed by atoms with E-state index >= 15 is 0 Å². The van der Waals surface area contributed by atoms with Crippen molar-refractivity contribution >= 4 is 29.5 Å². The molecule has 1 aliphatic rings. The van der Waals surface area contributed by atoms with Crippen LogP contribution in [0.1, 0.15) is 56.7 Å². The summed E-state index contributed by atoms with van der Waals surface area (Å²) in [5.41, 5.74) is 0.221. The van der Waals surface area contributed by atoms with Gasteiger partial charge in [0.2, 0.25) is 11.8 Å². The van der Waals surface area contributed by atoms with Crippen LogP contribution in [0.25, 0.3) is 0 Å². The maximum atomic E-state index is 12.6. The van der Waals surface area contributed by atoms with E-state index in [1.165, 1.54) is 21.7 Å². The van der Waals surface area contributed by atoms with Crippen LogP contribution in [0.3, 0.4) is 0 Å². The number of carbonyl (C=O) groups is 1. The van der Waals surface area contributed by atoms with E-state index in [9.17, 15) is 24.8 Å². The topological polar surface area (TPSA) is 134 Å². The Bertz CT molecular complexity index is 1150. The van der Waals surface area contributed by atoms with Crippen LogP contribution < -0.4 is 5.56 Å². The van der Waals surface area contributed by atoms with Gasteiger partial charge in [-0.15, -0.1) is 0 Å². The summed E-state index contributed by atoms with van der Waals surface area (Å²) in [4.78, 5) is 38.2. The molecule has 1 atom stereocenters. The van der Waals surface area contributed by atoms with Crippen molar-refractivity contribution in [1.82, 2.24) is 14.6 Å². The predicted octanol–water partition coefficient (Wildman–Crippen LogP) is 3.41. The monoisotopic (exact) mass is 445 g/mol. The van der Waals surface area contributed by atoms with Gasteiger partial charge >= 0.3 is 0 Å². The minimum absolute atomic E-state index is 0.0250. The lowest BCUT2D eigenvalue weighted by Gasteiger charge is -2.21. The Kier molecular flexibility index (Phi) is 6.64. The van der Waals surface area contributed by atoms with E-state index in [0.29, 0.717) is 12.1 Å². The molecule has 1 aromatic carbocycles. The van der Waals surface area contributed by atoms with E-state index in [1.807, 2.05) is 6.92 Å². The smallest absolute Gasteiger partial charge is 0.269 e. The molecule has 0 saturated carbocycles. The number of H-pyrrole nitrogens is 1. The van der Waals surface area contributed by atoms with Gasteiger partial charge in [0.15, 0.2) is 4.77 Å². The molecule has 2 aromatic rings. The summed E-state index contributed by atoms with van der Waals surface area (Å²) in [6.45, 7) is 4.12. The second-order valence-electron chi connectivity index (χ2n) is 7.17. The first-order chi connectivity index (χ1) is 14.8. The number of aromatic amines is 1. The van der Waals surface area contributed by atoms with Gasteiger partial charge in [-0.05, 0) is 24.2 Å². The van der Waals surface area contributed by atoms with Crippen LogP contribution in [-0.4, -0.2) is 36.2 Å². The third kappa shape index (κ3) is 4.41. The second-order valence-corrected chi connectivity index (χ2v) is 7.56. The Morgan fingerprint density at radius 2 is 2.03 bits per heavy atom. The van der Waals surface area contributed by atoms with Crippen LogP contribution >= 0.6 is 12.2 Å². The predicted molar refractivity (Wildman–Crippen MR) is 117 cm³/mol. The molecule has 0 unspecified atom stereocenters. The van der Waals surface area contributed by atoms with Crippen LogP contribution in [0.4, 0.5) is 5.69 Å². The Balaban J connectivity index is 2.05. The standard InChI is InChI=1S/C20H23N5O5S/c1-3-5-10-23-19(28)17(18(27)21-20(23)31)14-11-15(24(22-14)16(26)4-2)12-6-8-13(9-7-12)25(29)30/h6-9,15,28H,3-5,10-11H2,1-2H3,(H,21,27,31)/t15-/m1/s1. The number of hydrogen-bond donors (Lipinski definition) is 2. The maximum Gasteiger partial charge on any atom is 0.269 e. The molecule has 1 amide bonds. The number of carbonyl (C=O) groups excluding carboxylic acids is 1. The average molecular weight is 446 g/mol. The molecule has 0 fully saturated rings. The van der Waals surface area contributed by atoms with E-state index in [1.54, 1.807) is 19.1 Å². The van der Waals surface area contributed by atoms with Gasteiger partial charge in [0.25, 0.3) is 11.2 Å². The van der Waals surface area contributed by atoms with Crippen molar-refractivity contribution in [3.63, 3.8) is 0 Å². The number of nitrogens with zero attached hydrogens (tertiary/aromatic N) is 4. The summed E-state index contributed by atoms with van der Waals surface area (Å²) in [5, 5.41) is 27.4. The number of nitro groups is 1. The van der Waals surface area contributed by atoms with Gasteiger partial charge in [0.1, 0.15) is 5.56 Å². The molecule has 11 heteroatoms. The van der Waals surface area contributed by atoms with Gasteiger partial charge in [-0.1, -0.05) is 32.4 Å². The molecule has 10 nitrogen and oxygen atoms in total. The fourth-order valence-corrected chi connectivity index (χ4v) is 3.75. The Hall–Kier alpha value is -3.34. The number of hydrogen-bond acceptors (Lipinski definition) is 7. The number of nitro benzene ring substituents is 1. The Morgan fingerprint density at radius 3 is 2.61 bits per heavy atom. The Labute approximate surface area is 183 Å². The van der Waals surface area contributed by atoms with E-state index in [0.717, 1.165) is 12.8 Å². The largest absolute Gasteiger partial charge is 0.494 e. The van der Waals surface area contributed by atoms with E-state index in [-0.39, 0.29) is 46.4 Å². The van der Waals surface area contributed by atoms with Gasteiger partial charge in [-0.2, -0.15) is 5.10 Å². The molecule has 0 bridgehead atoms. The van der Waals surface area contributed by atoms with Crippen molar-refractivity contribution < 1.29 is 14.8 Å². The van der Waals surface area contributed by atoms with Crippen LogP contribution in [-0.2, 0) is 11.3 Å². The lowest BCUT2D eigenvalue weighted by Crippen LogP contribution is -2.26. The molecule has 2 heterocycles. The van der Waals surface area contributed by atoms with Crippen LogP contribution in [0.15, 0.2) is 34.2 Å². The lowest BCUT2D eigenvalue weighted by atomic mass is 9.99. The molecule has 3 rings (SSSR count). The van der Waals surface area contributed by atoms with Crippen LogP contribution in [0.2, 0.25) is 0 Å². The quantitative estimate of drug-likeness (QED) is 0.381. The zero-order chi connectivity index (χ0) is 22.7. The number of rotatable bonds is 7. The molecule has 1 aromatic heterocycles. The molecule has 0 spiro atoms. The first-order valence-electron chi connectivity index (χ1n) is 9.98. The number of benzene rings is 1. The minimum atomic E-state index is -0.581. The SMILES string of the molecule is CCCCn1c(O)c(C2=NN(C(=O)CC)[C@@H](c3ccc([N+](=O)[O-])cc3)C2)c(=O)[nH]c1=S. The fraction of sp³-hybridized carbons (Fsp3) is 0.400. The number of nitrogens with one attached hydrogen (secondary N) is 1. The zero-order valence-corrected chi connectivity index (χ0v) is 18.0. The van der Waals surface area contributed by atoms with Gasteiger partial charge < -0.3 is 5.11 Å². The summed E-state index contributed by atoms with van der Waals surface area (Å²) in [7, 11) is 0. The second kappa shape index (κ2) is 9.21. The molecule has 2 N–H and O–H groups in total. The average Bonchev–Trinajstić information content (AvgIpc) is 3.17.